The molecule has 1 aromatic rings. The van der Waals surface area contributed by atoms with Gasteiger partial charge in [0.2, 0.25) is 0 Å². The summed E-state index contributed by atoms with van der Waals surface area (Å²) in [4.78, 5) is 0. The lowest BCUT2D eigenvalue weighted by atomic mass is 10.00. The summed E-state index contributed by atoms with van der Waals surface area (Å²) in [7, 11) is 0. The number of alkyl halides is 9. The molecule has 25 heavy (non-hydrogen) atoms. The van der Waals surface area contributed by atoms with E-state index in [4.69, 9.17) is 0 Å². The molecule has 0 aromatic heterocycles. The molecular formula is C13H6F10O2. The van der Waals surface area contributed by atoms with Gasteiger partial charge in [-0.05, 0) is 24.6 Å². The molecule has 1 aromatic carbocycles. The van der Waals surface area contributed by atoms with Gasteiger partial charge >= 0.3 is 24.1 Å². The molecule has 0 radical (unpaired) electrons. The lowest BCUT2D eigenvalue weighted by Crippen LogP contribution is -2.60. The second-order valence-electron chi connectivity index (χ2n) is 4.97. The van der Waals surface area contributed by atoms with Crippen LogP contribution in [0.5, 0.6) is 11.5 Å². The predicted molar refractivity (Wildman–Crippen MR) is 61.5 cm³/mol. The summed E-state index contributed by atoms with van der Waals surface area (Å²) in [6.07, 6.45) is -13.1. The molecule has 2 rings (SSSR count). The average molecular weight is 384 g/mol. The van der Waals surface area contributed by atoms with E-state index in [-0.39, 0.29) is 5.56 Å². The van der Waals surface area contributed by atoms with E-state index in [1.54, 1.807) is 0 Å². The van der Waals surface area contributed by atoms with Gasteiger partial charge in [-0.25, -0.2) is 0 Å². The molecule has 0 fully saturated rings. The van der Waals surface area contributed by atoms with Gasteiger partial charge in [-0.15, -0.1) is 0 Å². The molecule has 1 aliphatic heterocycles. The van der Waals surface area contributed by atoms with E-state index >= 15 is 0 Å². The van der Waals surface area contributed by atoms with Crippen LogP contribution in [0.25, 0.3) is 0 Å². The highest BCUT2D eigenvalue weighted by atomic mass is 19.4. The number of fused-ring (bicyclic) bond motifs is 1. The Morgan fingerprint density at radius 2 is 1.48 bits per heavy atom. The lowest BCUT2D eigenvalue weighted by Gasteiger charge is -2.35. The maximum absolute atomic E-state index is 14.5. The van der Waals surface area contributed by atoms with Crippen LogP contribution in [0.2, 0.25) is 0 Å². The van der Waals surface area contributed by atoms with Crippen molar-refractivity contribution in [3.05, 3.63) is 35.3 Å². The SMILES string of the molecule is Cc1ccc2c(c1)OC(F)=C(C(F)(F)F)C(F)(C(F)(F)C(F)(F)F)O2. The van der Waals surface area contributed by atoms with E-state index in [1.807, 2.05) is 0 Å². The van der Waals surface area contributed by atoms with Gasteiger partial charge in [-0.1, -0.05) is 6.07 Å². The van der Waals surface area contributed by atoms with Gasteiger partial charge in [-0.2, -0.15) is 43.9 Å². The molecule has 0 N–H and O–H groups in total. The van der Waals surface area contributed by atoms with Crippen molar-refractivity contribution < 1.29 is 53.4 Å². The normalized spacial score (nSPS) is 22.0. The van der Waals surface area contributed by atoms with Gasteiger partial charge in [-0.3, -0.25) is 0 Å². The second-order valence-corrected chi connectivity index (χ2v) is 4.97. The minimum absolute atomic E-state index is 0.192. The van der Waals surface area contributed by atoms with Crippen LogP contribution in [0.1, 0.15) is 5.56 Å². The van der Waals surface area contributed by atoms with Gasteiger partial charge in [0.25, 0.3) is 6.01 Å². The molecule has 0 bridgehead atoms. The summed E-state index contributed by atoms with van der Waals surface area (Å²) in [5, 5.41) is 0. The summed E-state index contributed by atoms with van der Waals surface area (Å²) >= 11 is 0. The van der Waals surface area contributed by atoms with Crippen LogP contribution >= 0.6 is 0 Å². The monoisotopic (exact) mass is 384 g/mol. The van der Waals surface area contributed by atoms with Crippen LogP contribution in [0.3, 0.4) is 0 Å². The summed E-state index contributed by atoms with van der Waals surface area (Å²) in [6, 6.07) is -0.702. The van der Waals surface area contributed by atoms with Crippen molar-refractivity contribution in [2.45, 2.75) is 31.1 Å². The van der Waals surface area contributed by atoms with Crippen molar-refractivity contribution in [1.29, 1.82) is 0 Å². The van der Waals surface area contributed by atoms with Crippen molar-refractivity contribution in [2.75, 3.05) is 0 Å². The third-order valence-corrected chi connectivity index (χ3v) is 3.11. The zero-order valence-corrected chi connectivity index (χ0v) is 11.8. The highest BCUT2D eigenvalue weighted by Gasteiger charge is 2.79. The first-order valence-corrected chi connectivity index (χ1v) is 6.19. The van der Waals surface area contributed by atoms with E-state index in [0.717, 1.165) is 12.1 Å². The first-order chi connectivity index (χ1) is 11.1. The number of hydrogen-bond donors (Lipinski definition) is 0. The molecule has 2 nitrogen and oxygen atoms in total. The summed E-state index contributed by atoms with van der Waals surface area (Å²) in [6.45, 7) is 1.31. The maximum atomic E-state index is 14.5. The van der Waals surface area contributed by atoms with Crippen LogP contribution in [0.4, 0.5) is 43.9 Å². The number of benzene rings is 1. The number of rotatable bonds is 1. The Hall–Kier alpha value is -2.14. The quantitative estimate of drug-likeness (QED) is 0.606. The first kappa shape index (κ1) is 19.2. The molecule has 12 heteroatoms. The maximum Gasteiger partial charge on any atom is 0.461 e. The smallest absolute Gasteiger partial charge is 0.444 e. The topological polar surface area (TPSA) is 18.5 Å². The summed E-state index contributed by atoms with van der Waals surface area (Å²) < 4.78 is 139. The van der Waals surface area contributed by atoms with E-state index in [1.165, 1.54) is 6.92 Å². The van der Waals surface area contributed by atoms with E-state index in [9.17, 15) is 43.9 Å². The van der Waals surface area contributed by atoms with E-state index in [0.29, 0.717) is 6.07 Å². The van der Waals surface area contributed by atoms with Crippen LogP contribution in [-0.4, -0.2) is 24.1 Å². The molecule has 1 unspecified atom stereocenters. The average Bonchev–Trinajstić information content (AvgIpc) is 2.49. The zero-order valence-electron chi connectivity index (χ0n) is 11.8. The molecule has 1 atom stereocenters. The third kappa shape index (κ3) is 2.97. The molecule has 0 aliphatic carbocycles. The van der Waals surface area contributed by atoms with Crippen LogP contribution in [-0.2, 0) is 0 Å². The van der Waals surface area contributed by atoms with Gasteiger partial charge in [0.1, 0.15) is 0 Å². The van der Waals surface area contributed by atoms with Gasteiger partial charge < -0.3 is 9.47 Å². The number of ether oxygens (including phenoxy) is 2. The summed E-state index contributed by atoms with van der Waals surface area (Å²) in [5.74, 6) is -15.0. The minimum atomic E-state index is -6.83. The Labute approximate surface area is 132 Å². The van der Waals surface area contributed by atoms with Gasteiger partial charge in [0.05, 0.1) is 0 Å². The van der Waals surface area contributed by atoms with Crippen LogP contribution in [0.15, 0.2) is 29.8 Å². The van der Waals surface area contributed by atoms with Crippen molar-refractivity contribution >= 4 is 0 Å². The minimum Gasteiger partial charge on any atom is -0.444 e. The summed E-state index contributed by atoms with van der Waals surface area (Å²) in [5.41, 5.74) is -3.38. The van der Waals surface area contributed by atoms with E-state index in [2.05, 4.69) is 9.47 Å². The van der Waals surface area contributed by atoms with Crippen LogP contribution in [0, 0.1) is 6.92 Å². The first-order valence-electron chi connectivity index (χ1n) is 6.19. The van der Waals surface area contributed by atoms with Crippen molar-refractivity contribution in [2.24, 2.45) is 0 Å². The molecule has 0 saturated carbocycles. The fourth-order valence-corrected chi connectivity index (χ4v) is 1.95. The number of hydrogen-bond acceptors (Lipinski definition) is 2. The molecular weight excluding hydrogens is 378 g/mol. The molecule has 1 heterocycles. The molecule has 140 valence electrons. The Bertz CT molecular complexity index is 719. The predicted octanol–water partition coefficient (Wildman–Crippen LogP) is 5.37. The number of halogens is 10. The zero-order chi connectivity index (χ0) is 19.4. The molecule has 0 saturated heterocycles. The van der Waals surface area contributed by atoms with Crippen molar-refractivity contribution in [3.8, 4) is 11.5 Å². The highest BCUT2D eigenvalue weighted by molar-refractivity contribution is 5.47. The van der Waals surface area contributed by atoms with Crippen molar-refractivity contribution in [3.63, 3.8) is 0 Å². The highest BCUT2D eigenvalue weighted by Crippen LogP contribution is 2.56. The van der Waals surface area contributed by atoms with E-state index < -0.39 is 47.2 Å². The Kier molecular flexibility index (Phi) is 4.17. The molecule has 1 aliphatic rings. The molecule has 0 amide bonds. The van der Waals surface area contributed by atoms with Gasteiger partial charge in [0, 0.05) is 0 Å². The van der Waals surface area contributed by atoms with Crippen LogP contribution < -0.4 is 9.47 Å². The Morgan fingerprint density at radius 1 is 0.920 bits per heavy atom. The van der Waals surface area contributed by atoms with Gasteiger partial charge in [0.15, 0.2) is 17.1 Å². The molecule has 0 spiro atoms. The standard InChI is InChI=1S/C13H6F10O2/c1-5-2-3-6-7(4-5)24-9(14)8(11(16,17)18)10(15,25-6)12(19,20)13(21,22)23/h2-4H,1H3. The largest absolute Gasteiger partial charge is 0.461 e. The Morgan fingerprint density at radius 3 is 1.96 bits per heavy atom. The second kappa shape index (κ2) is 5.43. The van der Waals surface area contributed by atoms with Crippen molar-refractivity contribution in [1.82, 2.24) is 0 Å². The third-order valence-electron chi connectivity index (χ3n) is 3.11. The Balaban J connectivity index is 2.81. The fourth-order valence-electron chi connectivity index (χ4n) is 1.95. The fraction of sp³-hybridized carbons (Fsp3) is 0.385. The number of aryl methyl sites for hydroxylation is 1. The lowest BCUT2D eigenvalue weighted by molar-refractivity contribution is -0.361.